The maximum atomic E-state index is 12.9. The lowest BCUT2D eigenvalue weighted by Crippen LogP contribution is -2.25. The number of halogens is 2. The second-order valence-corrected chi connectivity index (χ2v) is 5.73. The zero-order valence-corrected chi connectivity index (χ0v) is 11.6. The molecule has 0 aliphatic carbocycles. The van der Waals surface area contributed by atoms with E-state index >= 15 is 0 Å². The second kappa shape index (κ2) is 5.78. The number of hydrogen-bond donors (Lipinski definition) is 1. The van der Waals surface area contributed by atoms with Gasteiger partial charge in [-0.2, -0.15) is 0 Å². The van der Waals surface area contributed by atoms with Gasteiger partial charge in [-0.3, -0.25) is 0 Å². The lowest BCUT2D eigenvalue weighted by Gasteiger charge is -2.11. The fraction of sp³-hybridized carbons (Fsp3) is 0.308. The van der Waals surface area contributed by atoms with Crippen molar-refractivity contribution in [3.63, 3.8) is 0 Å². The number of rotatable bonds is 4. The van der Waals surface area contributed by atoms with Crippen molar-refractivity contribution in [2.75, 3.05) is 0 Å². The summed E-state index contributed by atoms with van der Waals surface area (Å²) in [5, 5.41) is 3.48. The number of thiazole rings is 1. The second-order valence-electron chi connectivity index (χ2n) is 4.26. The van der Waals surface area contributed by atoms with Crippen LogP contribution in [0, 0.1) is 12.7 Å². The summed E-state index contributed by atoms with van der Waals surface area (Å²) in [6.45, 7) is 1.97. The molecule has 1 aromatic carbocycles. The van der Waals surface area contributed by atoms with Gasteiger partial charge < -0.3 is 5.73 Å². The first-order valence-electron chi connectivity index (χ1n) is 5.65. The van der Waals surface area contributed by atoms with Crippen LogP contribution in [0.4, 0.5) is 4.39 Å². The molecule has 1 heterocycles. The van der Waals surface area contributed by atoms with Crippen LogP contribution in [-0.4, -0.2) is 11.0 Å². The minimum absolute atomic E-state index is 0.0607. The van der Waals surface area contributed by atoms with Crippen molar-refractivity contribution in [1.82, 2.24) is 4.98 Å². The van der Waals surface area contributed by atoms with E-state index in [1.165, 1.54) is 12.1 Å². The van der Waals surface area contributed by atoms with Gasteiger partial charge in [-0.1, -0.05) is 17.7 Å². The number of benzene rings is 1. The molecular weight excluding hydrogens is 271 g/mol. The third-order valence-corrected chi connectivity index (χ3v) is 3.81. The van der Waals surface area contributed by atoms with Crippen molar-refractivity contribution in [3.8, 4) is 0 Å². The Kier molecular flexibility index (Phi) is 4.32. The van der Waals surface area contributed by atoms with Crippen LogP contribution in [-0.2, 0) is 12.8 Å². The Balaban J connectivity index is 2.00. The van der Waals surface area contributed by atoms with Gasteiger partial charge in [0.2, 0.25) is 0 Å². The maximum Gasteiger partial charge on any atom is 0.124 e. The molecule has 1 aromatic heterocycles. The summed E-state index contributed by atoms with van der Waals surface area (Å²) in [4.78, 5) is 4.37. The van der Waals surface area contributed by atoms with Crippen molar-refractivity contribution >= 4 is 22.9 Å². The highest BCUT2D eigenvalue weighted by Crippen LogP contribution is 2.19. The molecule has 2 aromatic rings. The van der Waals surface area contributed by atoms with Crippen LogP contribution in [0.3, 0.4) is 0 Å². The Morgan fingerprint density at radius 2 is 2.22 bits per heavy atom. The predicted octanol–water partition coefficient (Wildman–Crippen LogP) is 3.36. The van der Waals surface area contributed by atoms with Crippen molar-refractivity contribution in [2.45, 2.75) is 25.8 Å². The third-order valence-electron chi connectivity index (χ3n) is 2.64. The van der Waals surface area contributed by atoms with E-state index in [1.54, 1.807) is 17.4 Å². The minimum atomic E-state index is -0.326. The lowest BCUT2D eigenvalue weighted by molar-refractivity contribution is 0.623. The van der Waals surface area contributed by atoms with Crippen LogP contribution < -0.4 is 5.73 Å². The van der Waals surface area contributed by atoms with Gasteiger partial charge in [0.05, 0.1) is 10.7 Å². The van der Waals surface area contributed by atoms with Crippen LogP contribution in [0.25, 0.3) is 0 Å². The number of hydrogen-bond acceptors (Lipinski definition) is 3. The van der Waals surface area contributed by atoms with E-state index < -0.39 is 0 Å². The number of aromatic nitrogens is 1. The minimum Gasteiger partial charge on any atom is -0.327 e. The van der Waals surface area contributed by atoms with Gasteiger partial charge in [0.1, 0.15) is 5.82 Å². The highest BCUT2D eigenvalue weighted by Gasteiger charge is 2.10. The van der Waals surface area contributed by atoms with E-state index in [9.17, 15) is 4.39 Å². The largest absolute Gasteiger partial charge is 0.327 e. The summed E-state index contributed by atoms with van der Waals surface area (Å²) in [5.74, 6) is -0.326. The molecule has 0 radical (unpaired) electrons. The number of aryl methyl sites for hydroxylation is 1. The third kappa shape index (κ3) is 3.51. The highest BCUT2D eigenvalue weighted by atomic mass is 35.5. The van der Waals surface area contributed by atoms with Crippen molar-refractivity contribution in [2.24, 2.45) is 5.73 Å². The highest BCUT2D eigenvalue weighted by molar-refractivity contribution is 7.09. The van der Waals surface area contributed by atoms with Crippen LogP contribution in [0.2, 0.25) is 5.02 Å². The fourth-order valence-electron chi connectivity index (χ4n) is 1.81. The van der Waals surface area contributed by atoms with Crippen LogP contribution in [0.15, 0.2) is 23.6 Å². The monoisotopic (exact) mass is 284 g/mol. The molecule has 0 amide bonds. The Labute approximate surface area is 115 Å². The van der Waals surface area contributed by atoms with E-state index in [0.29, 0.717) is 17.9 Å². The maximum absolute atomic E-state index is 12.9. The summed E-state index contributed by atoms with van der Waals surface area (Å²) >= 11 is 7.59. The zero-order valence-electron chi connectivity index (χ0n) is 9.99. The predicted molar refractivity (Wildman–Crippen MR) is 73.6 cm³/mol. The van der Waals surface area contributed by atoms with Gasteiger partial charge in [-0.25, -0.2) is 9.37 Å². The quantitative estimate of drug-likeness (QED) is 0.935. The molecule has 0 bridgehead atoms. The van der Waals surface area contributed by atoms with Gasteiger partial charge in [0, 0.05) is 22.9 Å². The van der Waals surface area contributed by atoms with E-state index in [1.807, 2.05) is 12.3 Å². The summed E-state index contributed by atoms with van der Waals surface area (Å²) in [6.07, 6.45) is 1.33. The average Bonchev–Trinajstić information content (AvgIpc) is 2.68. The Bertz CT molecular complexity index is 542. The first-order chi connectivity index (χ1) is 8.54. The fourth-order valence-corrected chi connectivity index (χ4v) is 2.68. The van der Waals surface area contributed by atoms with Crippen LogP contribution >= 0.6 is 22.9 Å². The molecule has 0 aliphatic rings. The van der Waals surface area contributed by atoms with E-state index in [4.69, 9.17) is 17.3 Å². The Morgan fingerprint density at radius 1 is 1.44 bits per heavy atom. The van der Waals surface area contributed by atoms with Gasteiger partial charge in [-0.15, -0.1) is 11.3 Å². The molecule has 2 N–H and O–H groups in total. The average molecular weight is 285 g/mol. The molecule has 96 valence electrons. The molecule has 2 rings (SSSR count). The molecular formula is C13H14ClFN2S. The molecule has 0 saturated carbocycles. The van der Waals surface area contributed by atoms with Gasteiger partial charge in [0.25, 0.3) is 0 Å². The molecule has 5 heteroatoms. The normalized spacial score (nSPS) is 12.7. The van der Waals surface area contributed by atoms with Crippen LogP contribution in [0.1, 0.15) is 16.3 Å². The lowest BCUT2D eigenvalue weighted by atomic mass is 10.0. The van der Waals surface area contributed by atoms with Crippen molar-refractivity contribution in [1.29, 1.82) is 0 Å². The topological polar surface area (TPSA) is 38.9 Å². The molecule has 1 unspecified atom stereocenters. The van der Waals surface area contributed by atoms with Gasteiger partial charge in [-0.05, 0) is 31.0 Å². The smallest absolute Gasteiger partial charge is 0.124 e. The van der Waals surface area contributed by atoms with E-state index in [-0.39, 0.29) is 11.9 Å². The Morgan fingerprint density at radius 3 is 2.83 bits per heavy atom. The zero-order chi connectivity index (χ0) is 13.1. The summed E-state index contributed by atoms with van der Waals surface area (Å²) in [5.41, 5.74) is 7.94. The van der Waals surface area contributed by atoms with Crippen molar-refractivity contribution < 1.29 is 4.39 Å². The SMILES string of the molecule is Cc1nc(CC(N)Cc2ccc(F)cc2Cl)cs1. The van der Waals surface area contributed by atoms with E-state index in [2.05, 4.69) is 4.98 Å². The molecule has 0 spiro atoms. The van der Waals surface area contributed by atoms with Crippen molar-refractivity contribution in [3.05, 3.63) is 50.7 Å². The van der Waals surface area contributed by atoms with Gasteiger partial charge in [0.15, 0.2) is 0 Å². The molecule has 18 heavy (non-hydrogen) atoms. The summed E-state index contributed by atoms with van der Waals surface area (Å²) in [6, 6.07) is 4.34. The standard InChI is InChI=1S/C13H14ClFN2S/c1-8-17-12(7-18-8)6-11(16)4-9-2-3-10(15)5-13(9)14/h2-3,5,7,11H,4,6,16H2,1H3. The van der Waals surface area contributed by atoms with Gasteiger partial charge >= 0.3 is 0 Å². The molecule has 2 nitrogen and oxygen atoms in total. The molecule has 0 saturated heterocycles. The molecule has 1 atom stereocenters. The number of nitrogens with two attached hydrogens (primary N) is 1. The molecule has 0 fully saturated rings. The first-order valence-corrected chi connectivity index (χ1v) is 6.91. The number of nitrogens with zero attached hydrogens (tertiary/aromatic N) is 1. The summed E-state index contributed by atoms with van der Waals surface area (Å²) < 4.78 is 12.9. The Hall–Kier alpha value is -0.970. The summed E-state index contributed by atoms with van der Waals surface area (Å²) in [7, 11) is 0. The first kappa shape index (κ1) is 13.5. The van der Waals surface area contributed by atoms with Crippen LogP contribution in [0.5, 0.6) is 0 Å². The molecule has 0 aliphatic heterocycles. The van der Waals surface area contributed by atoms with E-state index in [0.717, 1.165) is 16.3 Å².